The molecule has 5 atom stereocenters. The van der Waals surface area contributed by atoms with E-state index < -0.39 is 6.41 Å². The number of Topliss-reactive ketones (excluding diaryl/α,β-unsaturated/α-hetero) is 1. The summed E-state index contributed by atoms with van der Waals surface area (Å²) in [5.41, 5.74) is 1.11. The highest BCUT2D eigenvalue weighted by Crippen LogP contribution is 2.39. The van der Waals surface area contributed by atoms with Crippen LogP contribution in [0.2, 0.25) is 0 Å². The Labute approximate surface area is 172 Å². The van der Waals surface area contributed by atoms with Gasteiger partial charge in [-0.25, -0.2) is 0 Å². The van der Waals surface area contributed by atoms with Gasteiger partial charge in [-0.05, 0) is 43.1 Å². The van der Waals surface area contributed by atoms with Crippen molar-refractivity contribution in [3.8, 4) is 0 Å². The lowest BCUT2D eigenvalue weighted by Crippen LogP contribution is -2.49. The Balaban J connectivity index is 1.53. The molecule has 1 aliphatic heterocycles. The minimum absolute atomic E-state index is 0.00919. The monoisotopic (exact) mass is 395 g/mol. The van der Waals surface area contributed by atoms with Crippen LogP contribution in [0.4, 0.5) is 0 Å². The van der Waals surface area contributed by atoms with Gasteiger partial charge in [0.1, 0.15) is 5.78 Å². The predicted octanol–water partition coefficient (Wildman–Crippen LogP) is 3.24. The van der Waals surface area contributed by atoms with E-state index in [9.17, 15) is 14.7 Å². The molecule has 1 saturated carbocycles. The van der Waals surface area contributed by atoms with Gasteiger partial charge in [-0.15, -0.1) is 0 Å². The fourth-order valence-electron chi connectivity index (χ4n) is 4.98. The molecule has 4 rings (SSSR count). The maximum Gasteiger partial charge on any atom is 0.240 e. The molecule has 1 saturated heterocycles. The molecule has 0 bridgehead atoms. The van der Waals surface area contributed by atoms with Crippen molar-refractivity contribution in [2.24, 2.45) is 17.8 Å². The number of benzene rings is 1. The van der Waals surface area contributed by atoms with E-state index in [-0.39, 0.29) is 35.5 Å². The van der Waals surface area contributed by atoms with E-state index in [1.54, 1.807) is 0 Å². The number of ketones is 1. The topological polar surface area (TPSA) is 66.8 Å². The normalized spacial score (nSPS) is 32.4. The van der Waals surface area contributed by atoms with Crippen molar-refractivity contribution < 1.29 is 19.4 Å². The standard InChI is InChI=1S/C24H29NO4/c26-20-12-13-21(22(15-20)18-10-6-1-2-7-11-18)23(27)25-19(16-29-24(25)28)14-17-8-4-3-5-9-17/h1-6,8-10,18-19,21-22,24,28H,7,11-16H2. The zero-order chi connectivity index (χ0) is 20.2. The van der Waals surface area contributed by atoms with E-state index in [2.05, 4.69) is 12.2 Å². The Bertz CT molecular complexity index is 787. The molecular weight excluding hydrogens is 366 g/mol. The zero-order valence-corrected chi connectivity index (χ0v) is 16.7. The SMILES string of the molecule is O=C1CCC(C(=O)N2C(Cc3ccccc3)COC2O)C(C2C=CC=CCC2)C1. The van der Waals surface area contributed by atoms with Crippen LogP contribution in [0.5, 0.6) is 0 Å². The molecule has 0 aromatic heterocycles. The maximum atomic E-state index is 13.6. The van der Waals surface area contributed by atoms with Crippen LogP contribution in [0.1, 0.15) is 37.7 Å². The first-order chi connectivity index (χ1) is 14.1. The van der Waals surface area contributed by atoms with Gasteiger partial charge in [0, 0.05) is 18.8 Å². The Morgan fingerprint density at radius 1 is 1.17 bits per heavy atom. The minimum Gasteiger partial charge on any atom is -0.351 e. The summed E-state index contributed by atoms with van der Waals surface area (Å²) >= 11 is 0. The second-order valence-corrected chi connectivity index (χ2v) is 8.35. The van der Waals surface area contributed by atoms with E-state index in [1.807, 2.05) is 42.5 Å². The van der Waals surface area contributed by atoms with Crippen molar-refractivity contribution in [1.82, 2.24) is 4.90 Å². The fourth-order valence-corrected chi connectivity index (χ4v) is 4.98. The van der Waals surface area contributed by atoms with Crippen LogP contribution in [0.3, 0.4) is 0 Å². The first kappa shape index (κ1) is 20.0. The van der Waals surface area contributed by atoms with Gasteiger partial charge in [-0.1, -0.05) is 54.6 Å². The molecule has 2 fully saturated rings. The van der Waals surface area contributed by atoms with Gasteiger partial charge in [-0.2, -0.15) is 0 Å². The Kier molecular flexibility index (Phi) is 6.26. The quantitative estimate of drug-likeness (QED) is 0.850. The summed E-state index contributed by atoms with van der Waals surface area (Å²) < 4.78 is 5.45. The van der Waals surface area contributed by atoms with Gasteiger partial charge in [0.15, 0.2) is 0 Å². The van der Waals surface area contributed by atoms with Crippen LogP contribution in [-0.2, 0) is 20.7 Å². The van der Waals surface area contributed by atoms with Crippen molar-refractivity contribution in [1.29, 1.82) is 0 Å². The maximum absolute atomic E-state index is 13.6. The summed E-state index contributed by atoms with van der Waals surface area (Å²) in [6.45, 7) is 0.325. The van der Waals surface area contributed by atoms with Crippen LogP contribution in [0, 0.1) is 17.8 Å². The van der Waals surface area contributed by atoms with Crippen LogP contribution >= 0.6 is 0 Å². The molecule has 1 amide bonds. The molecular formula is C24H29NO4. The summed E-state index contributed by atoms with van der Waals surface area (Å²) in [5.74, 6) is 0.110. The average Bonchev–Trinajstić information content (AvgIpc) is 2.93. The Hall–Kier alpha value is -2.24. The molecule has 1 heterocycles. The molecule has 29 heavy (non-hydrogen) atoms. The molecule has 3 aliphatic rings. The van der Waals surface area contributed by atoms with Crippen molar-refractivity contribution in [3.63, 3.8) is 0 Å². The van der Waals surface area contributed by atoms with E-state index in [0.717, 1.165) is 18.4 Å². The number of carbonyl (C=O) groups excluding carboxylic acids is 2. The lowest BCUT2D eigenvalue weighted by atomic mass is 9.70. The Morgan fingerprint density at radius 2 is 2.00 bits per heavy atom. The molecule has 1 aromatic carbocycles. The third-order valence-corrected chi connectivity index (χ3v) is 6.49. The molecule has 0 radical (unpaired) electrons. The highest BCUT2D eigenvalue weighted by Gasteiger charge is 2.45. The fraction of sp³-hybridized carbons (Fsp3) is 0.500. The molecule has 0 spiro atoms. The smallest absolute Gasteiger partial charge is 0.240 e. The van der Waals surface area contributed by atoms with Crippen LogP contribution in [-0.4, -0.2) is 40.8 Å². The summed E-state index contributed by atoms with van der Waals surface area (Å²) in [6, 6.07) is 9.78. The zero-order valence-electron chi connectivity index (χ0n) is 16.7. The largest absolute Gasteiger partial charge is 0.351 e. The summed E-state index contributed by atoms with van der Waals surface area (Å²) in [7, 11) is 0. The van der Waals surface area contributed by atoms with Crippen LogP contribution < -0.4 is 0 Å². The van der Waals surface area contributed by atoms with E-state index in [4.69, 9.17) is 4.74 Å². The number of rotatable bonds is 4. The van der Waals surface area contributed by atoms with Crippen LogP contribution in [0.15, 0.2) is 54.6 Å². The van der Waals surface area contributed by atoms with Gasteiger partial charge in [-0.3, -0.25) is 14.5 Å². The van der Waals surface area contributed by atoms with Gasteiger partial charge in [0.2, 0.25) is 12.3 Å². The predicted molar refractivity (Wildman–Crippen MR) is 110 cm³/mol. The number of ether oxygens (including phenoxy) is 1. The van der Waals surface area contributed by atoms with Crippen molar-refractivity contribution in [2.45, 2.75) is 51.0 Å². The lowest BCUT2D eigenvalue weighted by Gasteiger charge is -2.38. The van der Waals surface area contributed by atoms with Gasteiger partial charge in [0.25, 0.3) is 0 Å². The number of aliphatic hydroxyl groups is 1. The van der Waals surface area contributed by atoms with Crippen molar-refractivity contribution in [2.75, 3.05) is 6.61 Å². The number of hydrogen-bond acceptors (Lipinski definition) is 4. The third kappa shape index (κ3) is 4.51. The van der Waals surface area contributed by atoms with E-state index >= 15 is 0 Å². The highest BCUT2D eigenvalue weighted by molar-refractivity contribution is 5.85. The molecule has 1 aromatic rings. The van der Waals surface area contributed by atoms with Gasteiger partial charge >= 0.3 is 0 Å². The number of carbonyl (C=O) groups is 2. The number of aliphatic hydroxyl groups excluding tert-OH is 1. The molecule has 1 N–H and O–H groups in total. The first-order valence-corrected chi connectivity index (χ1v) is 10.6. The summed E-state index contributed by atoms with van der Waals surface area (Å²) in [5, 5.41) is 10.4. The molecule has 154 valence electrons. The lowest BCUT2D eigenvalue weighted by molar-refractivity contribution is -0.172. The number of allylic oxidation sites excluding steroid dienone is 4. The highest BCUT2D eigenvalue weighted by atomic mass is 16.6. The second kappa shape index (κ2) is 9.06. The second-order valence-electron chi connectivity index (χ2n) is 8.35. The summed E-state index contributed by atoms with van der Waals surface area (Å²) in [4.78, 5) is 27.3. The molecule has 5 heteroatoms. The number of nitrogens with zero attached hydrogens (tertiary/aromatic N) is 1. The molecule has 5 nitrogen and oxygen atoms in total. The van der Waals surface area contributed by atoms with Crippen molar-refractivity contribution >= 4 is 11.7 Å². The third-order valence-electron chi connectivity index (χ3n) is 6.49. The average molecular weight is 395 g/mol. The minimum atomic E-state index is -1.21. The first-order valence-electron chi connectivity index (χ1n) is 10.6. The van der Waals surface area contributed by atoms with Gasteiger partial charge < -0.3 is 9.84 Å². The summed E-state index contributed by atoms with van der Waals surface area (Å²) in [6.07, 6.45) is 11.1. The number of amides is 1. The number of hydrogen-bond donors (Lipinski definition) is 1. The Morgan fingerprint density at radius 3 is 2.83 bits per heavy atom. The van der Waals surface area contributed by atoms with Gasteiger partial charge in [0.05, 0.1) is 12.6 Å². The van der Waals surface area contributed by atoms with Crippen LogP contribution in [0.25, 0.3) is 0 Å². The van der Waals surface area contributed by atoms with E-state index in [1.165, 1.54) is 4.90 Å². The van der Waals surface area contributed by atoms with E-state index in [0.29, 0.717) is 32.3 Å². The molecule has 5 unspecified atom stereocenters. The van der Waals surface area contributed by atoms with Crippen molar-refractivity contribution in [3.05, 3.63) is 60.2 Å². The molecule has 2 aliphatic carbocycles.